The quantitative estimate of drug-likeness (QED) is 0.383. The van der Waals surface area contributed by atoms with Crippen LogP contribution in [0.4, 0.5) is 5.69 Å². The molecule has 3 heterocycles. The number of rotatable bonds is 6. The van der Waals surface area contributed by atoms with Crippen molar-refractivity contribution in [2.75, 3.05) is 43.9 Å². The number of carboxylic acids is 1. The number of amides is 1. The number of sulfonamides is 1. The molecular weight excluding hydrogens is 608 g/mol. The number of piperazine rings is 1. The standard InChI is InChI=1S/C26H27ClN4O5S.CH4O3S/c27-21-3-1-20-14-23(4-2-19(20)13-21)37(35,36)30-16-24(26(33)34)31(25(32)17-30)15-18-7-11-29(12-8-18)22-5-9-28-10-6-22;1-5(2,3)4/h1-6,9-10,13-14,18,24H,7-8,11-12,15-17H2,(H,33,34);1H3,(H,2,3,4). The smallest absolute Gasteiger partial charge is 0.327 e. The molecule has 226 valence electrons. The van der Waals surface area contributed by atoms with Crippen molar-refractivity contribution in [3.8, 4) is 0 Å². The SMILES string of the molecule is CS(=O)(=O)O.O=C(O)C1CN(S(=O)(=O)c2ccc3cc(Cl)ccc3c2)CC(=O)N1CC1CCN(c2ccncc2)CC1. The molecule has 2 aromatic carbocycles. The largest absolute Gasteiger partial charge is 0.480 e. The van der Waals surface area contributed by atoms with Gasteiger partial charge in [-0.3, -0.25) is 14.3 Å². The van der Waals surface area contributed by atoms with Gasteiger partial charge in [-0.2, -0.15) is 12.7 Å². The van der Waals surface area contributed by atoms with Crippen molar-refractivity contribution >= 4 is 60.1 Å². The van der Waals surface area contributed by atoms with Crippen LogP contribution in [-0.4, -0.2) is 97.6 Å². The van der Waals surface area contributed by atoms with E-state index in [4.69, 9.17) is 16.2 Å². The van der Waals surface area contributed by atoms with Crippen LogP contribution in [0, 0.1) is 5.92 Å². The molecule has 2 aliphatic heterocycles. The van der Waals surface area contributed by atoms with E-state index < -0.39 is 38.1 Å². The Kier molecular flexibility index (Phi) is 9.73. The van der Waals surface area contributed by atoms with E-state index in [-0.39, 0.29) is 23.9 Å². The number of aliphatic carboxylic acids is 1. The number of nitrogens with zero attached hydrogens (tertiary/aromatic N) is 4. The Balaban J connectivity index is 0.000000748. The number of carbonyl (C=O) groups is 2. The lowest BCUT2D eigenvalue weighted by Gasteiger charge is -2.41. The van der Waals surface area contributed by atoms with Crippen LogP contribution in [0.25, 0.3) is 10.8 Å². The minimum absolute atomic E-state index is 0.0104. The fraction of sp³-hybridized carbons (Fsp3) is 0.370. The first-order valence-corrected chi connectivity index (χ1v) is 16.7. The Labute approximate surface area is 249 Å². The molecule has 0 aliphatic carbocycles. The Morgan fingerprint density at radius 3 is 2.21 bits per heavy atom. The fourth-order valence-corrected chi connectivity index (χ4v) is 6.72. The maximum atomic E-state index is 13.4. The number of pyridine rings is 1. The molecule has 0 saturated carbocycles. The van der Waals surface area contributed by atoms with Gasteiger partial charge in [-0.05, 0) is 65.9 Å². The van der Waals surface area contributed by atoms with Gasteiger partial charge in [0.25, 0.3) is 10.1 Å². The highest BCUT2D eigenvalue weighted by atomic mass is 35.5. The van der Waals surface area contributed by atoms with Crippen molar-refractivity contribution in [2.45, 2.75) is 23.8 Å². The second-order valence-electron chi connectivity index (χ2n) is 10.2. The molecule has 15 heteroatoms. The summed E-state index contributed by atoms with van der Waals surface area (Å²) in [7, 11) is -7.75. The number of halogens is 1. The lowest BCUT2D eigenvalue weighted by atomic mass is 9.94. The normalized spacial score (nSPS) is 18.9. The topological polar surface area (TPSA) is 165 Å². The van der Waals surface area contributed by atoms with Crippen LogP contribution in [0.15, 0.2) is 65.8 Å². The minimum atomic E-state index is -4.08. The van der Waals surface area contributed by atoms with Gasteiger partial charge >= 0.3 is 5.97 Å². The van der Waals surface area contributed by atoms with E-state index in [2.05, 4.69) is 9.88 Å². The first-order chi connectivity index (χ1) is 19.7. The molecule has 0 radical (unpaired) electrons. The molecule has 1 atom stereocenters. The van der Waals surface area contributed by atoms with E-state index in [1.165, 1.54) is 17.0 Å². The number of aromatic nitrogens is 1. The molecule has 42 heavy (non-hydrogen) atoms. The summed E-state index contributed by atoms with van der Waals surface area (Å²) >= 11 is 6.02. The summed E-state index contributed by atoms with van der Waals surface area (Å²) in [6.07, 6.45) is 5.83. The Bertz CT molecular complexity index is 1660. The van der Waals surface area contributed by atoms with E-state index in [1.807, 2.05) is 12.1 Å². The van der Waals surface area contributed by atoms with E-state index in [0.29, 0.717) is 23.2 Å². The van der Waals surface area contributed by atoms with Crippen LogP contribution in [0.2, 0.25) is 5.02 Å². The molecule has 1 unspecified atom stereocenters. The Hall–Kier alpha value is -3.30. The maximum Gasteiger partial charge on any atom is 0.327 e. The van der Waals surface area contributed by atoms with Crippen molar-refractivity contribution in [1.82, 2.24) is 14.2 Å². The predicted molar refractivity (Wildman–Crippen MR) is 158 cm³/mol. The van der Waals surface area contributed by atoms with Crippen molar-refractivity contribution in [1.29, 1.82) is 0 Å². The number of hydrogen-bond donors (Lipinski definition) is 2. The van der Waals surface area contributed by atoms with Gasteiger partial charge in [0.1, 0.15) is 6.04 Å². The zero-order chi connectivity index (χ0) is 30.7. The molecule has 2 fully saturated rings. The molecule has 0 bridgehead atoms. The van der Waals surface area contributed by atoms with Gasteiger partial charge in [0.05, 0.1) is 17.7 Å². The number of benzene rings is 2. The average Bonchev–Trinajstić information content (AvgIpc) is 2.93. The average molecular weight is 639 g/mol. The first kappa shape index (κ1) is 31.6. The summed E-state index contributed by atoms with van der Waals surface area (Å²) < 4.78 is 53.7. The second-order valence-corrected chi connectivity index (χ2v) is 14.1. The number of carbonyl (C=O) groups excluding carboxylic acids is 1. The van der Waals surface area contributed by atoms with Crippen LogP contribution in [-0.2, 0) is 29.7 Å². The van der Waals surface area contributed by atoms with Gasteiger partial charge in [0.2, 0.25) is 15.9 Å². The predicted octanol–water partition coefficient (Wildman–Crippen LogP) is 2.59. The van der Waals surface area contributed by atoms with Crippen LogP contribution < -0.4 is 4.90 Å². The second kappa shape index (κ2) is 12.9. The van der Waals surface area contributed by atoms with E-state index in [0.717, 1.165) is 41.3 Å². The molecule has 3 aromatic rings. The molecular formula is C27H31ClN4O8S2. The van der Waals surface area contributed by atoms with Crippen LogP contribution in [0.5, 0.6) is 0 Å². The number of hydrogen-bond acceptors (Lipinski definition) is 8. The summed E-state index contributed by atoms with van der Waals surface area (Å²) in [5.41, 5.74) is 1.09. The number of piperidine rings is 1. The van der Waals surface area contributed by atoms with Gasteiger partial charge in [0.15, 0.2) is 0 Å². The molecule has 0 spiro atoms. The van der Waals surface area contributed by atoms with Crippen molar-refractivity contribution < 1.29 is 36.1 Å². The Morgan fingerprint density at radius 1 is 1.00 bits per heavy atom. The first-order valence-electron chi connectivity index (χ1n) is 13.0. The molecule has 12 nitrogen and oxygen atoms in total. The zero-order valence-corrected chi connectivity index (χ0v) is 25.1. The summed E-state index contributed by atoms with van der Waals surface area (Å²) in [5, 5.41) is 11.9. The van der Waals surface area contributed by atoms with Gasteiger partial charge in [0, 0.05) is 49.3 Å². The number of fused-ring (bicyclic) bond motifs is 1. The van der Waals surface area contributed by atoms with Crippen molar-refractivity contribution in [2.24, 2.45) is 5.92 Å². The molecule has 1 aromatic heterocycles. The highest BCUT2D eigenvalue weighted by molar-refractivity contribution is 7.89. The maximum absolute atomic E-state index is 13.4. The third-order valence-electron chi connectivity index (χ3n) is 7.18. The van der Waals surface area contributed by atoms with Gasteiger partial charge < -0.3 is 14.9 Å². The van der Waals surface area contributed by atoms with E-state index in [1.54, 1.807) is 36.7 Å². The molecule has 5 rings (SSSR count). The monoisotopic (exact) mass is 638 g/mol. The van der Waals surface area contributed by atoms with Crippen molar-refractivity contribution in [3.63, 3.8) is 0 Å². The Morgan fingerprint density at radius 2 is 1.60 bits per heavy atom. The molecule has 2 saturated heterocycles. The summed E-state index contributed by atoms with van der Waals surface area (Å²) in [6, 6.07) is 12.4. The summed E-state index contributed by atoms with van der Waals surface area (Å²) in [5.74, 6) is -1.57. The molecule has 2 N–H and O–H groups in total. The van der Waals surface area contributed by atoms with Gasteiger partial charge in [-0.25, -0.2) is 13.2 Å². The number of anilines is 1. The summed E-state index contributed by atoms with van der Waals surface area (Å²) in [4.78, 5) is 32.9. The van der Waals surface area contributed by atoms with Gasteiger partial charge in [-0.15, -0.1) is 0 Å². The lowest BCUT2D eigenvalue weighted by molar-refractivity contribution is -0.154. The molecule has 1 amide bonds. The van der Waals surface area contributed by atoms with Crippen LogP contribution in [0.3, 0.4) is 0 Å². The third kappa shape index (κ3) is 7.95. The van der Waals surface area contributed by atoms with Crippen LogP contribution >= 0.6 is 11.6 Å². The van der Waals surface area contributed by atoms with E-state index >= 15 is 0 Å². The highest BCUT2D eigenvalue weighted by Gasteiger charge is 2.42. The number of carboxylic acid groups (broad SMARTS) is 1. The van der Waals surface area contributed by atoms with E-state index in [9.17, 15) is 31.5 Å². The molecule has 2 aliphatic rings. The fourth-order valence-electron chi connectivity index (χ4n) is 5.11. The van der Waals surface area contributed by atoms with Crippen molar-refractivity contribution in [3.05, 3.63) is 65.9 Å². The third-order valence-corrected chi connectivity index (χ3v) is 9.22. The zero-order valence-electron chi connectivity index (χ0n) is 22.7. The van der Waals surface area contributed by atoms with Gasteiger partial charge in [-0.1, -0.05) is 23.7 Å². The minimum Gasteiger partial charge on any atom is -0.480 e. The van der Waals surface area contributed by atoms with Crippen LogP contribution in [0.1, 0.15) is 12.8 Å². The summed E-state index contributed by atoms with van der Waals surface area (Å²) in [6.45, 7) is 1.20. The lowest BCUT2D eigenvalue weighted by Crippen LogP contribution is -2.61. The highest BCUT2D eigenvalue weighted by Crippen LogP contribution is 2.28.